The summed E-state index contributed by atoms with van der Waals surface area (Å²) in [5, 5.41) is 16.3. The number of hydroxylamine groups is 1. The molecule has 0 unspecified atom stereocenters. The van der Waals surface area contributed by atoms with Crippen LogP contribution in [0, 0.1) is 0 Å². The van der Waals surface area contributed by atoms with Gasteiger partial charge in [-0.25, -0.2) is 5.48 Å². The monoisotopic (exact) mass is 519 g/mol. The molecule has 0 aliphatic heterocycles. The number of amides is 3. The fourth-order valence-corrected chi connectivity index (χ4v) is 4.48. The van der Waals surface area contributed by atoms with E-state index in [2.05, 4.69) is 20.6 Å². The van der Waals surface area contributed by atoms with Crippen molar-refractivity contribution in [1.82, 2.24) is 15.4 Å². The molecule has 3 amide bonds. The first-order chi connectivity index (χ1) is 19.0. The summed E-state index contributed by atoms with van der Waals surface area (Å²) < 4.78 is 0. The lowest BCUT2D eigenvalue weighted by molar-refractivity contribution is -0.129. The minimum absolute atomic E-state index is 0.0480. The van der Waals surface area contributed by atoms with Gasteiger partial charge < -0.3 is 10.6 Å². The molecule has 0 saturated heterocycles. The van der Waals surface area contributed by atoms with Gasteiger partial charge in [0, 0.05) is 29.6 Å². The standard InChI is InChI=1S/C30H25N5O4/c36-25(35-39)15-14-19-6-1-9-22(18-19)26(29(37)33-23-12-2-7-20-10-4-16-31-27(20)23)30(38)34-24-13-3-8-21-11-5-17-32-28(21)24/h1-13,16-18,26,39H,14-15H2,(H,33,37)(H,34,38)(H,35,36). The Bertz CT molecular complexity index is 1580. The molecule has 0 atom stereocenters. The Balaban J connectivity index is 1.50. The van der Waals surface area contributed by atoms with E-state index in [1.165, 1.54) is 0 Å². The molecule has 0 aliphatic carbocycles. The number of fused-ring (bicyclic) bond motifs is 2. The summed E-state index contributed by atoms with van der Waals surface area (Å²) in [5.74, 6) is -2.83. The van der Waals surface area contributed by atoms with Gasteiger partial charge in [-0.15, -0.1) is 0 Å². The smallest absolute Gasteiger partial charge is 0.243 e. The lowest BCUT2D eigenvalue weighted by Gasteiger charge is -2.19. The van der Waals surface area contributed by atoms with Crippen molar-refractivity contribution in [1.29, 1.82) is 0 Å². The number of para-hydroxylation sites is 2. The van der Waals surface area contributed by atoms with Crippen molar-refractivity contribution >= 4 is 50.9 Å². The molecule has 5 aromatic rings. The summed E-state index contributed by atoms with van der Waals surface area (Å²) in [6.07, 6.45) is 3.65. The molecule has 194 valence electrons. The largest absolute Gasteiger partial charge is 0.323 e. The van der Waals surface area contributed by atoms with E-state index in [1.807, 2.05) is 48.5 Å². The molecule has 0 fully saturated rings. The number of aromatic nitrogens is 2. The molecule has 4 N–H and O–H groups in total. The number of hydrogen-bond acceptors (Lipinski definition) is 6. The molecule has 3 aromatic carbocycles. The van der Waals surface area contributed by atoms with E-state index >= 15 is 0 Å². The van der Waals surface area contributed by atoms with Crippen LogP contribution in [0.15, 0.2) is 97.3 Å². The fraction of sp³-hybridized carbons (Fsp3) is 0.100. The van der Waals surface area contributed by atoms with Gasteiger partial charge in [0.2, 0.25) is 17.7 Å². The van der Waals surface area contributed by atoms with Crippen molar-refractivity contribution < 1.29 is 19.6 Å². The van der Waals surface area contributed by atoms with E-state index in [4.69, 9.17) is 5.21 Å². The van der Waals surface area contributed by atoms with Crippen LogP contribution in [0.5, 0.6) is 0 Å². The van der Waals surface area contributed by atoms with Gasteiger partial charge in [-0.3, -0.25) is 29.6 Å². The first-order valence-corrected chi connectivity index (χ1v) is 12.3. The van der Waals surface area contributed by atoms with Crippen molar-refractivity contribution in [2.45, 2.75) is 18.8 Å². The minimum atomic E-state index is -1.23. The molecule has 0 radical (unpaired) electrons. The second-order valence-corrected chi connectivity index (χ2v) is 8.95. The average molecular weight is 520 g/mol. The number of carbonyl (C=O) groups excluding carboxylic acids is 3. The molecule has 0 bridgehead atoms. The van der Waals surface area contributed by atoms with Gasteiger partial charge in [0.1, 0.15) is 5.92 Å². The molecule has 0 aliphatic rings. The van der Waals surface area contributed by atoms with E-state index < -0.39 is 23.6 Å². The van der Waals surface area contributed by atoms with Crippen molar-refractivity contribution in [3.63, 3.8) is 0 Å². The number of rotatable bonds is 8. The number of benzene rings is 3. The van der Waals surface area contributed by atoms with Crippen LogP contribution in [-0.2, 0) is 20.8 Å². The quantitative estimate of drug-likeness (QED) is 0.135. The summed E-state index contributed by atoms with van der Waals surface area (Å²) >= 11 is 0. The Kier molecular flexibility index (Phi) is 7.51. The van der Waals surface area contributed by atoms with Gasteiger partial charge >= 0.3 is 0 Å². The van der Waals surface area contributed by atoms with E-state index in [0.717, 1.165) is 16.3 Å². The summed E-state index contributed by atoms with van der Waals surface area (Å²) in [5.41, 5.74) is 4.98. The highest BCUT2D eigenvalue weighted by Gasteiger charge is 2.30. The zero-order chi connectivity index (χ0) is 27.2. The van der Waals surface area contributed by atoms with Crippen LogP contribution < -0.4 is 16.1 Å². The Morgan fingerprint density at radius 1 is 0.718 bits per heavy atom. The fourth-order valence-electron chi connectivity index (χ4n) is 4.48. The SMILES string of the molecule is O=C(CCc1cccc(C(C(=O)Nc2cccc3cccnc23)C(=O)Nc2cccc3cccnc23)c1)NO. The first-order valence-electron chi connectivity index (χ1n) is 12.3. The summed E-state index contributed by atoms with van der Waals surface area (Å²) in [6.45, 7) is 0. The maximum atomic E-state index is 13.8. The minimum Gasteiger partial charge on any atom is -0.323 e. The molecule has 9 nitrogen and oxygen atoms in total. The third-order valence-electron chi connectivity index (χ3n) is 6.36. The van der Waals surface area contributed by atoms with Crippen LogP contribution >= 0.6 is 0 Å². The van der Waals surface area contributed by atoms with E-state index in [-0.39, 0.29) is 6.42 Å². The predicted octanol–water partition coefficient (Wildman–Crippen LogP) is 4.58. The van der Waals surface area contributed by atoms with Gasteiger partial charge in [-0.05, 0) is 41.8 Å². The highest BCUT2D eigenvalue weighted by molar-refractivity contribution is 6.17. The number of carbonyl (C=O) groups is 3. The molecule has 5 rings (SSSR count). The van der Waals surface area contributed by atoms with Crippen LogP contribution in [-0.4, -0.2) is 32.9 Å². The number of hydrogen-bond donors (Lipinski definition) is 4. The normalized spacial score (nSPS) is 10.9. The van der Waals surface area contributed by atoms with Crippen molar-refractivity contribution in [2.24, 2.45) is 0 Å². The molecular weight excluding hydrogens is 494 g/mol. The number of pyridine rings is 2. The topological polar surface area (TPSA) is 133 Å². The molecule has 9 heteroatoms. The van der Waals surface area contributed by atoms with Gasteiger partial charge in [-0.2, -0.15) is 0 Å². The van der Waals surface area contributed by atoms with Crippen LogP contribution in [0.4, 0.5) is 11.4 Å². The summed E-state index contributed by atoms with van der Waals surface area (Å²) in [4.78, 5) is 47.9. The second kappa shape index (κ2) is 11.5. The third kappa shape index (κ3) is 5.73. The maximum Gasteiger partial charge on any atom is 0.243 e. The van der Waals surface area contributed by atoms with E-state index in [1.54, 1.807) is 54.3 Å². The van der Waals surface area contributed by atoms with Crippen LogP contribution in [0.1, 0.15) is 23.5 Å². The highest BCUT2D eigenvalue weighted by Crippen LogP contribution is 2.27. The number of anilines is 2. The zero-order valence-corrected chi connectivity index (χ0v) is 20.8. The summed E-state index contributed by atoms with van der Waals surface area (Å²) in [7, 11) is 0. The molecule has 0 saturated carbocycles. The predicted molar refractivity (Wildman–Crippen MR) is 148 cm³/mol. The molecule has 2 aromatic heterocycles. The number of aryl methyl sites for hydroxylation is 1. The molecule has 2 heterocycles. The van der Waals surface area contributed by atoms with Crippen LogP contribution in [0.25, 0.3) is 21.8 Å². The van der Waals surface area contributed by atoms with Gasteiger partial charge in [0.15, 0.2) is 0 Å². The van der Waals surface area contributed by atoms with Gasteiger partial charge in [0.05, 0.1) is 22.4 Å². The Morgan fingerprint density at radius 2 is 1.26 bits per heavy atom. The molecular formula is C30H25N5O4. The van der Waals surface area contributed by atoms with Crippen molar-refractivity contribution in [3.8, 4) is 0 Å². The summed E-state index contributed by atoms with van der Waals surface area (Å²) in [6, 6.07) is 25.2. The highest BCUT2D eigenvalue weighted by atomic mass is 16.5. The van der Waals surface area contributed by atoms with Crippen LogP contribution in [0.2, 0.25) is 0 Å². The van der Waals surface area contributed by atoms with E-state index in [0.29, 0.717) is 34.4 Å². The van der Waals surface area contributed by atoms with Gasteiger partial charge in [-0.1, -0.05) is 60.7 Å². The van der Waals surface area contributed by atoms with Gasteiger partial charge in [0.25, 0.3) is 0 Å². The van der Waals surface area contributed by atoms with Crippen LogP contribution in [0.3, 0.4) is 0 Å². The Labute approximate surface area is 223 Å². The molecule has 0 spiro atoms. The van der Waals surface area contributed by atoms with E-state index in [9.17, 15) is 14.4 Å². The lowest BCUT2D eigenvalue weighted by atomic mass is 9.94. The van der Waals surface area contributed by atoms with Crippen molar-refractivity contribution in [3.05, 3.63) is 108 Å². The first kappa shape index (κ1) is 25.5. The Morgan fingerprint density at radius 3 is 1.82 bits per heavy atom. The maximum absolute atomic E-state index is 13.8. The molecule has 39 heavy (non-hydrogen) atoms. The number of nitrogens with zero attached hydrogens (tertiary/aromatic N) is 2. The zero-order valence-electron chi connectivity index (χ0n) is 20.8. The second-order valence-electron chi connectivity index (χ2n) is 8.95. The third-order valence-corrected chi connectivity index (χ3v) is 6.36. The number of nitrogens with one attached hydrogen (secondary N) is 3. The average Bonchev–Trinajstić information content (AvgIpc) is 2.96. The Hall–Kier alpha value is -5.15. The lowest BCUT2D eigenvalue weighted by Crippen LogP contribution is -2.32. The van der Waals surface area contributed by atoms with Crippen molar-refractivity contribution in [2.75, 3.05) is 10.6 Å².